The van der Waals surface area contributed by atoms with Crippen molar-refractivity contribution in [1.29, 1.82) is 0 Å². The van der Waals surface area contributed by atoms with E-state index in [1.54, 1.807) is 0 Å². The molecule has 0 aromatic heterocycles. The van der Waals surface area contributed by atoms with Crippen LogP contribution in [0.3, 0.4) is 0 Å². The van der Waals surface area contributed by atoms with E-state index in [0.717, 1.165) is 10.5 Å². The first-order valence-corrected chi connectivity index (χ1v) is 2.38. The van der Waals surface area contributed by atoms with E-state index in [9.17, 15) is 0 Å². The molecule has 0 N–H and O–H groups in total. The number of carbonyl (C=O) groups is 1. The van der Waals surface area contributed by atoms with Crippen molar-refractivity contribution >= 4 is 27.8 Å². The van der Waals surface area contributed by atoms with Gasteiger partial charge in [0.25, 0.3) is 0 Å². The van der Waals surface area contributed by atoms with E-state index in [1.807, 2.05) is 6.79 Å². The molecule has 0 heterocycles. The molecule has 0 aliphatic rings. The molecule has 2 nitrogen and oxygen atoms in total. The molecule has 0 unspecified atom stereocenters. The maximum atomic E-state index is 8.00. The molecule has 0 aliphatic heterocycles. The average molecular weight is 302 g/mol. The molecule has 0 spiro atoms. The third-order valence-electron chi connectivity index (χ3n) is 0. The second-order valence-electron chi connectivity index (χ2n) is 0.289. The number of carbonyl (C=O) groups excluding carboxylic acids is 1. The van der Waals surface area contributed by atoms with Gasteiger partial charge in [-0.3, -0.25) is 0 Å². The molecule has 0 amide bonds. The predicted octanol–water partition coefficient (Wildman–Crippen LogP) is -2.36. The Bertz CT molecular complexity index is 15.5. The van der Waals surface area contributed by atoms with E-state index >= 15 is 0 Å². The molecule has 0 rings (SSSR count). The van der Waals surface area contributed by atoms with E-state index in [0.29, 0.717) is 0 Å². The summed E-state index contributed by atoms with van der Waals surface area (Å²) in [5, 5.41) is 0. The summed E-state index contributed by atoms with van der Waals surface area (Å²) in [5.74, 6) is 0. The van der Waals surface area contributed by atoms with Crippen molar-refractivity contribution in [1.82, 2.24) is 0 Å². The molecule has 0 fully saturated rings. The molecule has 0 atom stereocenters. The quantitative estimate of drug-likeness (QED) is 0.468. The van der Waals surface area contributed by atoms with Crippen molar-refractivity contribution in [2.45, 2.75) is 0 Å². The Labute approximate surface area is 58.0 Å². The first-order chi connectivity index (χ1) is 2.41. The van der Waals surface area contributed by atoms with Crippen LogP contribution < -0.4 is 0 Å². The normalized spacial score (nSPS) is 4.17. The van der Waals surface area contributed by atoms with Crippen molar-refractivity contribution in [3.8, 4) is 0 Å². The van der Waals surface area contributed by atoms with Gasteiger partial charge in [-0.2, -0.15) is 0 Å². The standard InChI is InChI=1S/CH2O.H5OSi2.Pt/c1-2;2-1-3;/h1H2;2H2,3H3;. The van der Waals surface area contributed by atoms with Crippen LogP contribution in [0.1, 0.15) is 0 Å². The van der Waals surface area contributed by atoms with Gasteiger partial charge in [0.15, 0.2) is 10.5 Å². The number of hydrogen-bond acceptors (Lipinski definition) is 2. The van der Waals surface area contributed by atoms with Crippen molar-refractivity contribution in [3.63, 3.8) is 0 Å². The Hall–Kier alpha value is 0.752. The van der Waals surface area contributed by atoms with Crippen LogP contribution in [0.15, 0.2) is 0 Å². The van der Waals surface area contributed by atoms with Gasteiger partial charge in [-0.25, -0.2) is 0 Å². The minimum atomic E-state index is 0. The van der Waals surface area contributed by atoms with Gasteiger partial charge in [-0.1, -0.05) is 0 Å². The zero-order chi connectivity index (χ0) is 4.71. The van der Waals surface area contributed by atoms with Crippen LogP contribution in [0.2, 0.25) is 0 Å². The second kappa shape index (κ2) is 42.3. The van der Waals surface area contributed by atoms with E-state index in [1.165, 1.54) is 10.5 Å². The molecule has 0 aliphatic carbocycles. The Morgan fingerprint density at radius 3 is 1.67 bits per heavy atom. The summed E-state index contributed by atoms with van der Waals surface area (Å²) in [5.41, 5.74) is 0. The van der Waals surface area contributed by atoms with Crippen LogP contribution in [0, 0.1) is 0 Å². The third kappa shape index (κ3) is 118. The van der Waals surface area contributed by atoms with Gasteiger partial charge in [0.05, 0.1) is 0 Å². The van der Waals surface area contributed by atoms with Crippen LogP contribution in [0.4, 0.5) is 0 Å². The van der Waals surface area contributed by atoms with Gasteiger partial charge in [0.1, 0.15) is 17.3 Å². The monoisotopic (exact) mass is 302 g/mol. The molecule has 0 aromatic rings. The van der Waals surface area contributed by atoms with Gasteiger partial charge in [0, 0.05) is 21.1 Å². The summed E-state index contributed by atoms with van der Waals surface area (Å²) in [6.07, 6.45) is 0. The van der Waals surface area contributed by atoms with E-state index in [2.05, 4.69) is 4.12 Å². The maximum Gasteiger partial charge on any atom is 0.157 e. The fourth-order valence-electron chi connectivity index (χ4n) is 0. The topological polar surface area (TPSA) is 26.3 Å². The van der Waals surface area contributed by atoms with Gasteiger partial charge in [0.2, 0.25) is 0 Å². The van der Waals surface area contributed by atoms with E-state index < -0.39 is 0 Å². The van der Waals surface area contributed by atoms with Crippen LogP contribution >= 0.6 is 0 Å². The Balaban J connectivity index is -0.0000000275. The molecule has 5 heteroatoms. The second-order valence-corrected chi connectivity index (χ2v) is 2.60. The third-order valence-corrected chi connectivity index (χ3v) is 0. The largest absolute Gasteiger partial charge is 0.468 e. The summed E-state index contributed by atoms with van der Waals surface area (Å²) in [7, 11) is 2.42. The van der Waals surface area contributed by atoms with Gasteiger partial charge in [-0.05, 0) is 0 Å². The van der Waals surface area contributed by atoms with Crippen molar-refractivity contribution in [2.24, 2.45) is 0 Å². The van der Waals surface area contributed by atoms with Crippen LogP contribution in [0.5, 0.6) is 0 Å². The molecule has 41 valence electrons. The maximum absolute atomic E-state index is 8.00. The predicted molar refractivity (Wildman–Crippen MR) is 26.7 cm³/mol. The van der Waals surface area contributed by atoms with Crippen LogP contribution in [-0.2, 0) is 30.0 Å². The minimum absolute atomic E-state index is 0. The SMILES string of the molecule is C=O.[Pt].[SiH2]O[SiH3]. The number of rotatable bonds is 0. The van der Waals surface area contributed by atoms with Gasteiger partial charge in [-0.15, -0.1) is 0 Å². The summed E-state index contributed by atoms with van der Waals surface area (Å²) < 4.78 is 4.42. The van der Waals surface area contributed by atoms with Gasteiger partial charge >= 0.3 is 0 Å². The van der Waals surface area contributed by atoms with Gasteiger partial charge < -0.3 is 8.91 Å². The smallest absolute Gasteiger partial charge is 0.157 e. The Morgan fingerprint density at radius 1 is 1.67 bits per heavy atom. The molecular weight excluding hydrogens is 295 g/mol. The van der Waals surface area contributed by atoms with E-state index in [-0.39, 0.29) is 21.1 Å². The van der Waals surface area contributed by atoms with Crippen molar-refractivity contribution in [2.75, 3.05) is 0 Å². The summed E-state index contributed by atoms with van der Waals surface area (Å²) >= 11 is 0. The Kier molecular flexibility index (Phi) is 112. The van der Waals surface area contributed by atoms with Crippen LogP contribution in [-0.4, -0.2) is 27.8 Å². The summed E-state index contributed by atoms with van der Waals surface area (Å²) in [6.45, 7) is 2.00. The summed E-state index contributed by atoms with van der Waals surface area (Å²) in [6, 6.07) is 0. The Morgan fingerprint density at radius 2 is 1.67 bits per heavy atom. The molecular formula is CH7O2PtSi2. The zero-order valence-corrected chi connectivity index (χ0v) is 9.23. The molecule has 0 saturated heterocycles. The minimum Gasteiger partial charge on any atom is -0.468 e. The van der Waals surface area contributed by atoms with Crippen molar-refractivity contribution in [3.05, 3.63) is 0 Å². The fourth-order valence-corrected chi connectivity index (χ4v) is 0. The number of hydrogen-bond donors (Lipinski definition) is 0. The summed E-state index contributed by atoms with van der Waals surface area (Å²) in [4.78, 5) is 8.00. The molecule has 0 aromatic carbocycles. The molecule has 6 heavy (non-hydrogen) atoms. The first kappa shape index (κ1) is 15.9. The molecule has 0 bridgehead atoms. The molecule has 1 radical (unpaired) electrons. The van der Waals surface area contributed by atoms with Crippen molar-refractivity contribution < 1.29 is 30.0 Å². The van der Waals surface area contributed by atoms with Crippen LogP contribution in [0.25, 0.3) is 0 Å². The van der Waals surface area contributed by atoms with E-state index in [4.69, 9.17) is 4.79 Å². The zero-order valence-electron chi connectivity index (χ0n) is 3.55. The molecule has 0 saturated carbocycles. The fraction of sp³-hybridized carbons (Fsp3) is 0. The first-order valence-electron chi connectivity index (χ1n) is 0.986. The average Bonchev–Trinajstić information content (AvgIpc) is 1.46.